The number of carbonyl (C=O) groups is 1. The fourth-order valence-electron chi connectivity index (χ4n) is 2.74. The fourth-order valence-corrected chi connectivity index (χ4v) is 2.74. The first kappa shape index (κ1) is 12.4. The van der Waals surface area contributed by atoms with E-state index in [1.54, 1.807) is 6.07 Å². The summed E-state index contributed by atoms with van der Waals surface area (Å²) in [5, 5.41) is 3.58. The molecule has 1 atom stereocenters. The van der Waals surface area contributed by atoms with Gasteiger partial charge in [-0.25, -0.2) is 0 Å². The molecule has 1 aromatic rings. The Balaban J connectivity index is 1.68. The molecule has 1 unspecified atom stereocenters. The molecule has 0 radical (unpaired) electrons. The molecule has 1 aromatic carbocycles. The van der Waals surface area contributed by atoms with Gasteiger partial charge in [-0.3, -0.25) is 4.79 Å². The summed E-state index contributed by atoms with van der Waals surface area (Å²) in [6.07, 6.45) is 1.09. The standard InChI is InChI=1S/C14H19N3O2/c15-14(18)12-3-1-2-4-13(12)17-6-5-10(7-17)16-11-8-19-9-11/h1-4,10-11,16H,5-9H2,(H2,15,18). The second-order valence-electron chi connectivity index (χ2n) is 5.21. The summed E-state index contributed by atoms with van der Waals surface area (Å²) in [6.45, 7) is 3.50. The SMILES string of the molecule is NC(=O)c1ccccc1N1CCC(NC2COC2)C1. The van der Waals surface area contributed by atoms with Gasteiger partial charge in [0, 0.05) is 24.8 Å². The minimum atomic E-state index is -0.362. The van der Waals surface area contributed by atoms with E-state index in [-0.39, 0.29) is 5.91 Å². The molecule has 102 valence electrons. The van der Waals surface area contributed by atoms with Crippen molar-refractivity contribution in [2.45, 2.75) is 18.5 Å². The van der Waals surface area contributed by atoms with Crippen molar-refractivity contribution in [3.63, 3.8) is 0 Å². The second kappa shape index (κ2) is 5.19. The Labute approximate surface area is 112 Å². The van der Waals surface area contributed by atoms with Crippen LogP contribution in [0.25, 0.3) is 0 Å². The minimum Gasteiger partial charge on any atom is -0.378 e. The van der Waals surface area contributed by atoms with Gasteiger partial charge in [0.2, 0.25) is 0 Å². The van der Waals surface area contributed by atoms with Crippen molar-refractivity contribution in [2.75, 3.05) is 31.2 Å². The number of rotatable bonds is 4. The van der Waals surface area contributed by atoms with Gasteiger partial charge in [-0.05, 0) is 18.6 Å². The summed E-state index contributed by atoms with van der Waals surface area (Å²) in [7, 11) is 0. The van der Waals surface area contributed by atoms with Crippen LogP contribution in [-0.2, 0) is 4.74 Å². The normalized spacial score (nSPS) is 23.4. The summed E-state index contributed by atoms with van der Waals surface area (Å²) in [6, 6.07) is 8.52. The van der Waals surface area contributed by atoms with Gasteiger partial charge >= 0.3 is 0 Å². The molecule has 2 aliphatic rings. The topological polar surface area (TPSA) is 67.6 Å². The summed E-state index contributed by atoms with van der Waals surface area (Å²) >= 11 is 0. The molecule has 0 spiro atoms. The van der Waals surface area contributed by atoms with Gasteiger partial charge in [0.15, 0.2) is 0 Å². The summed E-state index contributed by atoms with van der Waals surface area (Å²) in [5.74, 6) is -0.362. The van der Waals surface area contributed by atoms with Crippen LogP contribution in [0.2, 0.25) is 0 Å². The van der Waals surface area contributed by atoms with Gasteiger partial charge in [0.1, 0.15) is 0 Å². The van der Waals surface area contributed by atoms with Crippen molar-refractivity contribution in [1.82, 2.24) is 5.32 Å². The number of carbonyl (C=O) groups excluding carboxylic acids is 1. The highest BCUT2D eigenvalue weighted by atomic mass is 16.5. The number of primary amides is 1. The molecule has 19 heavy (non-hydrogen) atoms. The first-order valence-corrected chi connectivity index (χ1v) is 6.71. The van der Waals surface area contributed by atoms with E-state index in [0.29, 0.717) is 17.6 Å². The van der Waals surface area contributed by atoms with Crippen molar-refractivity contribution in [2.24, 2.45) is 5.73 Å². The number of nitrogens with zero attached hydrogens (tertiary/aromatic N) is 1. The zero-order valence-electron chi connectivity index (χ0n) is 10.8. The van der Waals surface area contributed by atoms with Crippen LogP contribution in [0.1, 0.15) is 16.8 Å². The Bertz CT molecular complexity index is 474. The van der Waals surface area contributed by atoms with E-state index >= 15 is 0 Å². The summed E-state index contributed by atoms with van der Waals surface area (Å²) in [5.41, 5.74) is 6.99. The van der Waals surface area contributed by atoms with E-state index in [0.717, 1.165) is 38.4 Å². The smallest absolute Gasteiger partial charge is 0.250 e. The van der Waals surface area contributed by atoms with E-state index in [4.69, 9.17) is 10.5 Å². The molecule has 0 aliphatic carbocycles. The number of anilines is 1. The molecule has 5 heteroatoms. The second-order valence-corrected chi connectivity index (χ2v) is 5.21. The molecule has 3 rings (SSSR count). The van der Waals surface area contributed by atoms with Crippen LogP contribution in [0.5, 0.6) is 0 Å². The molecule has 2 saturated heterocycles. The largest absolute Gasteiger partial charge is 0.378 e. The van der Waals surface area contributed by atoms with Crippen LogP contribution in [0.4, 0.5) is 5.69 Å². The highest BCUT2D eigenvalue weighted by Crippen LogP contribution is 2.24. The first-order valence-electron chi connectivity index (χ1n) is 6.71. The van der Waals surface area contributed by atoms with Gasteiger partial charge in [-0.1, -0.05) is 12.1 Å². The van der Waals surface area contributed by atoms with E-state index in [2.05, 4.69) is 10.2 Å². The zero-order chi connectivity index (χ0) is 13.2. The Morgan fingerprint density at radius 2 is 2.11 bits per heavy atom. The number of hydrogen-bond acceptors (Lipinski definition) is 4. The lowest BCUT2D eigenvalue weighted by atomic mass is 10.1. The number of ether oxygens (including phenoxy) is 1. The number of nitrogens with two attached hydrogens (primary N) is 1. The van der Waals surface area contributed by atoms with Crippen molar-refractivity contribution in [3.8, 4) is 0 Å². The molecular formula is C14H19N3O2. The van der Waals surface area contributed by atoms with Crippen LogP contribution in [0.15, 0.2) is 24.3 Å². The van der Waals surface area contributed by atoms with Gasteiger partial charge < -0.3 is 20.7 Å². The summed E-state index contributed by atoms with van der Waals surface area (Å²) in [4.78, 5) is 13.7. The quantitative estimate of drug-likeness (QED) is 0.821. The van der Waals surface area contributed by atoms with Crippen molar-refractivity contribution in [3.05, 3.63) is 29.8 Å². The van der Waals surface area contributed by atoms with E-state index in [1.165, 1.54) is 0 Å². The molecule has 2 fully saturated rings. The van der Waals surface area contributed by atoms with Crippen LogP contribution in [-0.4, -0.2) is 44.3 Å². The van der Waals surface area contributed by atoms with E-state index in [1.807, 2.05) is 18.2 Å². The molecule has 5 nitrogen and oxygen atoms in total. The van der Waals surface area contributed by atoms with Crippen LogP contribution in [0.3, 0.4) is 0 Å². The van der Waals surface area contributed by atoms with Crippen LogP contribution < -0.4 is 16.0 Å². The molecule has 0 saturated carbocycles. The third-order valence-corrected chi connectivity index (χ3v) is 3.81. The lowest BCUT2D eigenvalue weighted by molar-refractivity contribution is -0.00895. The van der Waals surface area contributed by atoms with E-state index in [9.17, 15) is 4.79 Å². The Kier molecular flexibility index (Phi) is 3.40. The zero-order valence-corrected chi connectivity index (χ0v) is 10.8. The molecular weight excluding hydrogens is 242 g/mol. The fraction of sp³-hybridized carbons (Fsp3) is 0.500. The number of amides is 1. The van der Waals surface area contributed by atoms with Crippen molar-refractivity contribution in [1.29, 1.82) is 0 Å². The average Bonchev–Trinajstić information content (AvgIpc) is 2.82. The van der Waals surface area contributed by atoms with Gasteiger partial charge in [0.25, 0.3) is 5.91 Å². The highest BCUT2D eigenvalue weighted by Gasteiger charge is 2.28. The Morgan fingerprint density at radius 1 is 1.32 bits per heavy atom. The summed E-state index contributed by atoms with van der Waals surface area (Å²) < 4.78 is 5.17. The predicted octanol–water partition coefficient (Wildman–Crippen LogP) is 0.353. The molecule has 0 aromatic heterocycles. The van der Waals surface area contributed by atoms with Gasteiger partial charge in [-0.15, -0.1) is 0 Å². The highest BCUT2D eigenvalue weighted by molar-refractivity contribution is 5.98. The first-order chi connectivity index (χ1) is 9.24. The molecule has 2 heterocycles. The molecule has 3 N–H and O–H groups in total. The Hall–Kier alpha value is -1.59. The van der Waals surface area contributed by atoms with Gasteiger partial charge in [-0.2, -0.15) is 0 Å². The lowest BCUT2D eigenvalue weighted by Gasteiger charge is -2.30. The number of benzene rings is 1. The Morgan fingerprint density at radius 3 is 2.79 bits per heavy atom. The maximum absolute atomic E-state index is 11.5. The number of nitrogens with one attached hydrogen (secondary N) is 1. The number of hydrogen-bond donors (Lipinski definition) is 2. The van der Waals surface area contributed by atoms with E-state index < -0.39 is 0 Å². The average molecular weight is 261 g/mol. The monoisotopic (exact) mass is 261 g/mol. The maximum Gasteiger partial charge on any atom is 0.250 e. The van der Waals surface area contributed by atoms with Crippen molar-refractivity contribution >= 4 is 11.6 Å². The third-order valence-electron chi connectivity index (χ3n) is 3.81. The van der Waals surface area contributed by atoms with Crippen molar-refractivity contribution < 1.29 is 9.53 Å². The minimum absolute atomic E-state index is 0.362. The van der Waals surface area contributed by atoms with Gasteiger partial charge in [0.05, 0.1) is 24.8 Å². The molecule has 2 aliphatic heterocycles. The van der Waals surface area contributed by atoms with Crippen LogP contribution in [0, 0.1) is 0 Å². The maximum atomic E-state index is 11.5. The number of para-hydroxylation sites is 1. The third kappa shape index (κ3) is 2.57. The lowest BCUT2D eigenvalue weighted by Crippen LogP contribution is -2.51. The predicted molar refractivity (Wildman–Crippen MR) is 73.3 cm³/mol. The van der Waals surface area contributed by atoms with Crippen LogP contribution >= 0.6 is 0 Å². The molecule has 0 bridgehead atoms. The molecule has 1 amide bonds.